The molecule has 0 saturated heterocycles. The van der Waals surface area contributed by atoms with E-state index in [1.165, 1.54) is 12.1 Å². The van der Waals surface area contributed by atoms with Crippen molar-refractivity contribution in [3.8, 4) is 0 Å². The second-order valence-electron chi connectivity index (χ2n) is 6.11. The molecule has 0 spiro atoms. The van der Waals surface area contributed by atoms with Crippen LogP contribution in [0.1, 0.15) is 21.5 Å². The lowest BCUT2D eigenvalue weighted by Gasteiger charge is -2.10. The summed E-state index contributed by atoms with van der Waals surface area (Å²) in [5, 5.41) is 9.81. The number of benzene rings is 2. The molecule has 0 aliphatic rings. The van der Waals surface area contributed by atoms with E-state index in [1.807, 2.05) is 19.9 Å². The monoisotopic (exact) mass is 366 g/mol. The van der Waals surface area contributed by atoms with Crippen molar-refractivity contribution < 1.29 is 9.59 Å². The zero-order valence-corrected chi connectivity index (χ0v) is 14.8. The molecular weight excluding hydrogens is 348 g/mol. The van der Waals surface area contributed by atoms with Crippen LogP contribution in [0, 0.1) is 13.8 Å². The number of aryl methyl sites for hydroxylation is 1. The molecule has 0 radical (unpaired) electrons. The number of amides is 2. The second kappa shape index (κ2) is 7.28. The third-order valence-electron chi connectivity index (χ3n) is 4.36. The molecule has 4 N–H and O–H groups in total. The molecule has 3 aromatic rings. The zero-order valence-electron chi connectivity index (χ0n) is 14.8. The molecule has 0 fully saturated rings. The van der Waals surface area contributed by atoms with Gasteiger partial charge in [-0.15, -0.1) is 0 Å². The molecule has 0 aliphatic carbocycles. The number of aromatic amines is 2. The second-order valence-corrected chi connectivity index (χ2v) is 6.11. The lowest BCUT2D eigenvalue weighted by molar-refractivity contribution is -0.115. The summed E-state index contributed by atoms with van der Waals surface area (Å²) in [5.74, 6) is -0.876. The van der Waals surface area contributed by atoms with Gasteiger partial charge in [-0.05, 0) is 43.2 Å². The lowest BCUT2D eigenvalue weighted by atomic mass is 10.0. The van der Waals surface area contributed by atoms with Crippen LogP contribution in [-0.2, 0) is 4.79 Å². The average molecular weight is 366 g/mol. The van der Waals surface area contributed by atoms with E-state index in [0.717, 1.165) is 11.1 Å². The topological polar surface area (TPSA) is 124 Å². The highest BCUT2D eigenvalue weighted by molar-refractivity contribution is 6.04. The maximum absolute atomic E-state index is 12.3. The Bertz CT molecular complexity index is 1160. The van der Waals surface area contributed by atoms with Crippen LogP contribution in [0.15, 0.2) is 46.0 Å². The highest BCUT2D eigenvalue weighted by atomic mass is 16.2. The van der Waals surface area contributed by atoms with Gasteiger partial charge in [-0.1, -0.05) is 18.2 Å². The standard InChI is InChI=1S/C19H18N4O4/c1-10-5-3-6-12(11(10)2)17(25)20-9-15(24)21-14-8-4-7-13-16(14)19(27)23-22-18(13)26/h3-8H,9H2,1-2H3,(H,20,25)(H,21,24)(H,22,26)(H,23,27). The number of hydrogen-bond acceptors (Lipinski definition) is 4. The van der Waals surface area contributed by atoms with Crippen LogP contribution in [-0.4, -0.2) is 28.6 Å². The van der Waals surface area contributed by atoms with Crippen LogP contribution in [0.3, 0.4) is 0 Å². The molecule has 2 amide bonds. The summed E-state index contributed by atoms with van der Waals surface area (Å²) >= 11 is 0. The van der Waals surface area contributed by atoms with E-state index in [0.29, 0.717) is 5.56 Å². The minimum atomic E-state index is -0.528. The normalized spacial score (nSPS) is 10.6. The van der Waals surface area contributed by atoms with Crippen molar-refractivity contribution in [3.05, 3.63) is 73.8 Å². The van der Waals surface area contributed by atoms with Gasteiger partial charge in [0.1, 0.15) is 0 Å². The van der Waals surface area contributed by atoms with Crippen LogP contribution >= 0.6 is 0 Å². The fraction of sp³-hybridized carbons (Fsp3) is 0.158. The van der Waals surface area contributed by atoms with Gasteiger partial charge in [-0.2, -0.15) is 0 Å². The summed E-state index contributed by atoms with van der Waals surface area (Å²) in [4.78, 5) is 48.3. The van der Waals surface area contributed by atoms with Gasteiger partial charge in [0.15, 0.2) is 0 Å². The van der Waals surface area contributed by atoms with Crippen molar-refractivity contribution in [2.24, 2.45) is 0 Å². The summed E-state index contributed by atoms with van der Waals surface area (Å²) in [7, 11) is 0. The molecule has 3 rings (SSSR count). The van der Waals surface area contributed by atoms with Crippen LogP contribution in [0.4, 0.5) is 5.69 Å². The van der Waals surface area contributed by atoms with Crippen LogP contribution in [0.5, 0.6) is 0 Å². The van der Waals surface area contributed by atoms with E-state index in [9.17, 15) is 19.2 Å². The third-order valence-corrected chi connectivity index (χ3v) is 4.36. The molecule has 8 nitrogen and oxygen atoms in total. The fourth-order valence-electron chi connectivity index (χ4n) is 2.78. The Labute approximate surface area is 153 Å². The van der Waals surface area contributed by atoms with Gasteiger partial charge in [0.05, 0.1) is 23.0 Å². The first-order valence-electron chi connectivity index (χ1n) is 8.26. The summed E-state index contributed by atoms with van der Waals surface area (Å²) < 4.78 is 0. The highest BCUT2D eigenvalue weighted by Gasteiger charge is 2.14. The van der Waals surface area contributed by atoms with Crippen LogP contribution in [0.25, 0.3) is 10.8 Å². The van der Waals surface area contributed by atoms with Crippen molar-refractivity contribution >= 4 is 28.3 Å². The maximum atomic E-state index is 12.3. The van der Waals surface area contributed by atoms with Crippen LogP contribution in [0.2, 0.25) is 0 Å². The summed E-state index contributed by atoms with van der Waals surface area (Å²) in [5.41, 5.74) is 1.52. The van der Waals surface area contributed by atoms with Gasteiger partial charge >= 0.3 is 0 Å². The van der Waals surface area contributed by atoms with Gasteiger partial charge in [0.25, 0.3) is 17.0 Å². The zero-order chi connectivity index (χ0) is 19.6. The van der Waals surface area contributed by atoms with Gasteiger partial charge < -0.3 is 10.6 Å². The molecule has 138 valence electrons. The number of fused-ring (bicyclic) bond motifs is 1. The summed E-state index contributed by atoms with van der Waals surface area (Å²) in [6, 6.07) is 9.92. The van der Waals surface area contributed by atoms with Crippen molar-refractivity contribution in [1.29, 1.82) is 0 Å². The lowest BCUT2D eigenvalue weighted by Crippen LogP contribution is -2.33. The fourth-order valence-corrected chi connectivity index (χ4v) is 2.78. The molecule has 1 aromatic heterocycles. The molecule has 1 heterocycles. The first kappa shape index (κ1) is 18.1. The molecule has 8 heteroatoms. The largest absolute Gasteiger partial charge is 0.343 e. The Balaban J connectivity index is 1.76. The number of rotatable bonds is 4. The molecule has 0 atom stereocenters. The average Bonchev–Trinajstić information content (AvgIpc) is 2.65. The van der Waals surface area contributed by atoms with E-state index in [-0.39, 0.29) is 28.9 Å². The summed E-state index contributed by atoms with van der Waals surface area (Å²) in [6.07, 6.45) is 0. The Hall–Kier alpha value is -3.68. The third kappa shape index (κ3) is 3.64. The minimum Gasteiger partial charge on any atom is -0.343 e. The molecule has 0 bridgehead atoms. The van der Waals surface area contributed by atoms with Gasteiger partial charge in [-0.25, -0.2) is 0 Å². The molecular formula is C19H18N4O4. The van der Waals surface area contributed by atoms with E-state index in [4.69, 9.17) is 0 Å². The molecule has 0 saturated carbocycles. The van der Waals surface area contributed by atoms with Gasteiger partial charge in [0.2, 0.25) is 5.91 Å². The van der Waals surface area contributed by atoms with Crippen molar-refractivity contribution in [2.45, 2.75) is 13.8 Å². The first-order chi connectivity index (χ1) is 12.9. The van der Waals surface area contributed by atoms with Gasteiger partial charge in [-0.3, -0.25) is 29.4 Å². The Morgan fingerprint density at radius 2 is 1.67 bits per heavy atom. The Kier molecular flexibility index (Phi) is 4.89. The predicted molar refractivity (Wildman–Crippen MR) is 102 cm³/mol. The Morgan fingerprint density at radius 1 is 0.963 bits per heavy atom. The molecule has 0 aliphatic heterocycles. The van der Waals surface area contributed by atoms with Crippen molar-refractivity contribution in [3.63, 3.8) is 0 Å². The number of H-pyrrole nitrogens is 2. The highest BCUT2D eigenvalue weighted by Crippen LogP contribution is 2.16. The smallest absolute Gasteiger partial charge is 0.272 e. The van der Waals surface area contributed by atoms with Crippen molar-refractivity contribution in [1.82, 2.24) is 15.5 Å². The van der Waals surface area contributed by atoms with E-state index in [1.54, 1.807) is 18.2 Å². The minimum absolute atomic E-state index is 0.0791. The van der Waals surface area contributed by atoms with Gasteiger partial charge in [0, 0.05) is 5.56 Å². The quantitative estimate of drug-likeness (QED) is 0.554. The predicted octanol–water partition coefficient (Wildman–Crippen LogP) is 1.20. The number of anilines is 1. The molecule has 27 heavy (non-hydrogen) atoms. The SMILES string of the molecule is Cc1cccc(C(=O)NCC(=O)Nc2cccc3c(=O)[nH][nH]c(=O)c23)c1C. The van der Waals surface area contributed by atoms with Crippen LogP contribution < -0.4 is 21.8 Å². The molecule has 0 unspecified atom stereocenters. The van der Waals surface area contributed by atoms with E-state index >= 15 is 0 Å². The maximum Gasteiger partial charge on any atom is 0.272 e. The summed E-state index contributed by atoms with van der Waals surface area (Å²) in [6.45, 7) is 3.46. The number of nitrogens with one attached hydrogen (secondary N) is 4. The number of carbonyl (C=O) groups is 2. The first-order valence-corrected chi connectivity index (χ1v) is 8.26. The number of hydrogen-bond donors (Lipinski definition) is 4. The Morgan fingerprint density at radius 3 is 2.44 bits per heavy atom. The molecule has 2 aromatic carbocycles. The van der Waals surface area contributed by atoms with E-state index in [2.05, 4.69) is 20.8 Å². The van der Waals surface area contributed by atoms with E-state index < -0.39 is 17.0 Å². The number of aromatic nitrogens is 2. The number of carbonyl (C=O) groups excluding carboxylic acids is 2. The van der Waals surface area contributed by atoms with Crippen molar-refractivity contribution in [2.75, 3.05) is 11.9 Å².